The van der Waals surface area contributed by atoms with E-state index in [-0.39, 0.29) is 16.1 Å². The summed E-state index contributed by atoms with van der Waals surface area (Å²) in [6, 6.07) is 6.38. The summed E-state index contributed by atoms with van der Waals surface area (Å²) in [7, 11) is -3.62. The zero-order valence-corrected chi connectivity index (χ0v) is 18.6. The van der Waals surface area contributed by atoms with E-state index in [1.54, 1.807) is 24.3 Å². The van der Waals surface area contributed by atoms with Crippen LogP contribution in [-0.4, -0.2) is 42.8 Å². The molecule has 1 rings (SSSR count). The van der Waals surface area contributed by atoms with Crippen LogP contribution in [0.15, 0.2) is 29.2 Å². The highest BCUT2D eigenvalue weighted by Crippen LogP contribution is 2.23. The van der Waals surface area contributed by atoms with Crippen LogP contribution >= 0.6 is 11.8 Å². The molecule has 0 heterocycles. The minimum Gasteiger partial charge on any atom is -0.494 e. The summed E-state index contributed by atoms with van der Waals surface area (Å²) in [5, 5.41) is 0.00124. The molecule has 0 spiro atoms. The van der Waals surface area contributed by atoms with E-state index < -0.39 is 10.0 Å². The van der Waals surface area contributed by atoms with E-state index in [0.29, 0.717) is 24.7 Å². The van der Waals surface area contributed by atoms with Crippen molar-refractivity contribution >= 4 is 26.9 Å². The van der Waals surface area contributed by atoms with E-state index >= 15 is 0 Å². The zero-order valence-electron chi connectivity index (χ0n) is 16.9. The van der Waals surface area contributed by atoms with Crippen LogP contribution in [0.1, 0.15) is 59.8 Å². The van der Waals surface area contributed by atoms with Crippen LogP contribution in [0.3, 0.4) is 0 Å². The van der Waals surface area contributed by atoms with Gasteiger partial charge >= 0.3 is 0 Å². The molecule has 0 saturated heterocycles. The molecule has 0 amide bonds. The first-order chi connectivity index (χ1) is 12.8. The summed E-state index contributed by atoms with van der Waals surface area (Å²) in [6.45, 7) is 8.64. The van der Waals surface area contributed by atoms with E-state index in [9.17, 15) is 13.2 Å². The molecule has 0 bridgehead atoms. The van der Waals surface area contributed by atoms with Crippen molar-refractivity contribution in [3.63, 3.8) is 0 Å². The lowest BCUT2D eigenvalue weighted by Crippen LogP contribution is -2.40. The molecule has 0 saturated carbocycles. The van der Waals surface area contributed by atoms with E-state index in [0.717, 1.165) is 32.1 Å². The quantitative estimate of drug-likeness (QED) is 0.436. The van der Waals surface area contributed by atoms with Crippen molar-refractivity contribution in [3.8, 4) is 5.75 Å². The van der Waals surface area contributed by atoms with Gasteiger partial charge in [0.05, 0.1) is 11.5 Å². The normalized spacial score (nSPS) is 12.9. The standard InChI is InChI=1S/C20H33NO4S2/c1-5-7-9-14-21(17(3)16-26-18(4)22)27(23,24)20-12-10-19(11-13-20)25-15-8-6-2/h10-13,17H,5-9,14-16H2,1-4H3/t17-/m0/s1. The third-order valence-corrected chi connectivity index (χ3v) is 7.28. The van der Waals surface area contributed by atoms with Crippen LogP contribution < -0.4 is 4.74 Å². The summed E-state index contributed by atoms with van der Waals surface area (Å²) in [4.78, 5) is 11.5. The maximum Gasteiger partial charge on any atom is 0.243 e. The van der Waals surface area contributed by atoms with E-state index in [4.69, 9.17) is 4.74 Å². The summed E-state index contributed by atoms with van der Waals surface area (Å²) >= 11 is 1.17. The lowest BCUT2D eigenvalue weighted by Gasteiger charge is -2.28. The number of hydrogen-bond donors (Lipinski definition) is 0. The van der Waals surface area contributed by atoms with Gasteiger partial charge in [-0.15, -0.1) is 0 Å². The van der Waals surface area contributed by atoms with Crippen molar-refractivity contribution in [2.24, 2.45) is 0 Å². The predicted molar refractivity (Wildman–Crippen MR) is 113 cm³/mol. The monoisotopic (exact) mass is 415 g/mol. The highest BCUT2D eigenvalue weighted by Gasteiger charge is 2.29. The van der Waals surface area contributed by atoms with Gasteiger partial charge in [0.2, 0.25) is 10.0 Å². The smallest absolute Gasteiger partial charge is 0.243 e. The molecule has 1 atom stereocenters. The van der Waals surface area contributed by atoms with Crippen molar-refractivity contribution < 1.29 is 17.9 Å². The molecule has 7 heteroatoms. The molecule has 0 aliphatic heterocycles. The Balaban J connectivity index is 2.94. The van der Waals surface area contributed by atoms with E-state index in [1.165, 1.54) is 23.0 Å². The molecule has 154 valence electrons. The second kappa shape index (κ2) is 12.4. The van der Waals surface area contributed by atoms with Crippen molar-refractivity contribution in [2.45, 2.75) is 70.7 Å². The van der Waals surface area contributed by atoms with Crippen LogP contribution in [-0.2, 0) is 14.8 Å². The highest BCUT2D eigenvalue weighted by atomic mass is 32.2. The van der Waals surface area contributed by atoms with Crippen molar-refractivity contribution in [3.05, 3.63) is 24.3 Å². The lowest BCUT2D eigenvalue weighted by atomic mass is 10.2. The number of carbonyl (C=O) groups is 1. The first-order valence-electron chi connectivity index (χ1n) is 9.71. The van der Waals surface area contributed by atoms with Crippen molar-refractivity contribution in [2.75, 3.05) is 18.9 Å². The van der Waals surface area contributed by atoms with Crippen LogP contribution in [0, 0.1) is 0 Å². The Bertz CT molecular complexity index is 659. The molecule has 1 aromatic carbocycles. The fraction of sp³-hybridized carbons (Fsp3) is 0.650. The van der Waals surface area contributed by atoms with Gasteiger partial charge in [-0.1, -0.05) is 44.9 Å². The number of hydrogen-bond acceptors (Lipinski definition) is 5. The molecule has 27 heavy (non-hydrogen) atoms. The maximum absolute atomic E-state index is 13.2. The number of unbranched alkanes of at least 4 members (excludes halogenated alkanes) is 3. The topological polar surface area (TPSA) is 63.7 Å². The number of rotatable bonds is 13. The van der Waals surface area contributed by atoms with Gasteiger partial charge in [-0.05, 0) is 44.0 Å². The second-order valence-electron chi connectivity index (χ2n) is 6.65. The summed E-state index contributed by atoms with van der Waals surface area (Å²) in [5.41, 5.74) is 0. The number of nitrogens with zero attached hydrogens (tertiary/aromatic N) is 1. The molecule has 1 aromatic rings. The molecule has 0 radical (unpaired) electrons. The molecular formula is C20H33NO4S2. The molecule has 5 nitrogen and oxygen atoms in total. The molecule has 0 aliphatic carbocycles. The molecule has 0 aromatic heterocycles. The van der Waals surface area contributed by atoms with Crippen LogP contribution in [0.2, 0.25) is 0 Å². The van der Waals surface area contributed by atoms with Crippen LogP contribution in [0.25, 0.3) is 0 Å². The van der Waals surface area contributed by atoms with Gasteiger partial charge in [-0.2, -0.15) is 4.31 Å². The number of benzene rings is 1. The van der Waals surface area contributed by atoms with Crippen molar-refractivity contribution in [1.29, 1.82) is 0 Å². The summed E-state index contributed by atoms with van der Waals surface area (Å²) < 4.78 is 33.5. The van der Waals surface area contributed by atoms with Gasteiger partial charge in [0.25, 0.3) is 0 Å². The van der Waals surface area contributed by atoms with Gasteiger partial charge in [-0.25, -0.2) is 8.42 Å². The summed E-state index contributed by atoms with van der Waals surface area (Å²) in [5.74, 6) is 1.14. The molecule has 0 aliphatic rings. The van der Waals surface area contributed by atoms with Gasteiger partial charge in [-0.3, -0.25) is 4.79 Å². The number of sulfonamides is 1. The Morgan fingerprint density at radius 1 is 1.11 bits per heavy atom. The Hall–Kier alpha value is -1.05. The lowest BCUT2D eigenvalue weighted by molar-refractivity contribution is -0.109. The Kier molecular flexibility index (Phi) is 11.0. The number of carbonyl (C=O) groups excluding carboxylic acids is 1. The summed E-state index contributed by atoms with van der Waals surface area (Å²) in [6.07, 6.45) is 4.83. The third-order valence-electron chi connectivity index (χ3n) is 4.20. The maximum atomic E-state index is 13.2. The molecule has 0 unspecified atom stereocenters. The number of ether oxygens (including phenoxy) is 1. The Labute approximate surface area is 168 Å². The minimum absolute atomic E-state index is 0.00124. The van der Waals surface area contributed by atoms with Gasteiger partial charge in [0.15, 0.2) is 5.12 Å². The Morgan fingerprint density at radius 3 is 2.30 bits per heavy atom. The van der Waals surface area contributed by atoms with Gasteiger partial charge < -0.3 is 4.74 Å². The minimum atomic E-state index is -3.62. The van der Waals surface area contributed by atoms with Gasteiger partial charge in [0, 0.05) is 25.3 Å². The van der Waals surface area contributed by atoms with Gasteiger partial charge in [0.1, 0.15) is 5.75 Å². The van der Waals surface area contributed by atoms with Crippen LogP contribution in [0.4, 0.5) is 0 Å². The van der Waals surface area contributed by atoms with Crippen LogP contribution in [0.5, 0.6) is 5.75 Å². The molecule has 0 fully saturated rings. The average Bonchev–Trinajstić information content (AvgIpc) is 2.64. The Morgan fingerprint density at radius 2 is 1.74 bits per heavy atom. The fourth-order valence-electron chi connectivity index (χ4n) is 2.59. The highest BCUT2D eigenvalue weighted by molar-refractivity contribution is 8.13. The first kappa shape index (κ1) is 24.0. The van der Waals surface area contributed by atoms with E-state index in [2.05, 4.69) is 13.8 Å². The fourth-order valence-corrected chi connectivity index (χ4v) is 5.01. The molecule has 0 N–H and O–H groups in total. The predicted octanol–water partition coefficient (Wildman–Crippen LogP) is 4.71. The largest absolute Gasteiger partial charge is 0.494 e. The van der Waals surface area contributed by atoms with Crippen molar-refractivity contribution in [1.82, 2.24) is 4.31 Å². The zero-order chi connectivity index (χ0) is 20.3. The average molecular weight is 416 g/mol. The third kappa shape index (κ3) is 8.23. The molecular weight excluding hydrogens is 382 g/mol. The SMILES string of the molecule is CCCCCN([C@@H](C)CSC(C)=O)S(=O)(=O)c1ccc(OCCCC)cc1. The number of thioether (sulfide) groups is 1. The second-order valence-corrected chi connectivity index (χ2v) is 9.74. The first-order valence-corrected chi connectivity index (χ1v) is 12.1. The van der Waals surface area contributed by atoms with E-state index in [1.807, 2.05) is 6.92 Å².